The highest BCUT2D eigenvalue weighted by Gasteiger charge is 2.21. The Morgan fingerprint density at radius 2 is 2.26 bits per heavy atom. The third kappa shape index (κ3) is 5.07. The SMILES string of the molecule is CCCCOc1c(C(=O)O)oc(COC2CCCCO2)cc1=O. The van der Waals surface area contributed by atoms with Gasteiger partial charge in [-0.15, -0.1) is 0 Å². The molecule has 0 saturated carbocycles. The van der Waals surface area contributed by atoms with Crippen LogP contribution in [0, 0.1) is 0 Å². The molecule has 1 atom stereocenters. The summed E-state index contributed by atoms with van der Waals surface area (Å²) in [4.78, 5) is 23.4. The molecule has 0 radical (unpaired) electrons. The molecule has 2 rings (SSSR count). The number of carbonyl (C=O) groups is 1. The Balaban J connectivity index is 2.08. The summed E-state index contributed by atoms with van der Waals surface area (Å²) in [6, 6.07) is 1.20. The minimum atomic E-state index is -1.34. The first-order valence-corrected chi connectivity index (χ1v) is 7.88. The van der Waals surface area contributed by atoms with E-state index in [9.17, 15) is 14.7 Å². The zero-order valence-electron chi connectivity index (χ0n) is 13.2. The van der Waals surface area contributed by atoms with Crippen LogP contribution < -0.4 is 10.2 Å². The van der Waals surface area contributed by atoms with E-state index in [2.05, 4.69) is 0 Å². The first-order valence-electron chi connectivity index (χ1n) is 7.88. The van der Waals surface area contributed by atoms with Crippen LogP contribution in [0.25, 0.3) is 0 Å². The fourth-order valence-electron chi connectivity index (χ4n) is 2.22. The third-order valence-electron chi connectivity index (χ3n) is 3.44. The molecule has 1 N–H and O–H groups in total. The Bertz CT molecular complexity index is 572. The van der Waals surface area contributed by atoms with Crippen LogP contribution in [0.5, 0.6) is 5.75 Å². The van der Waals surface area contributed by atoms with E-state index in [0.29, 0.717) is 6.61 Å². The van der Waals surface area contributed by atoms with Crippen LogP contribution in [0.4, 0.5) is 0 Å². The molecule has 7 heteroatoms. The van der Waals surface area contributed by atoms with Crippen LogP contribution >= 0.6 is 0 Å². The molecule has 1 aliphatic heterocycles. The molecule has 128 valence electrons. The molecule has 1 aromatic heterocycles. The second-order valence-electron chi connectivity index (χ2n) is 5.35. The van der Waals surface area contributed by atoms with Crippen molar-refractivity contribution < 1.29 is 28.5 Å². The highest BCUT2D eigenvalue weighted by molar-refractivity contribution is 5.87. The number of unbranched alkanes of at least 4 members (excludes halogenated alkanes) is 1. The van der Waals surface area contributed by atoms with Gasteiger partial charge in [-0.1, -0.05) is 13.3 Å². The molecule has 0 amide bonds. The smallest absolute Gasteiger partial charge is 0.375 e. The van der Waals surface area contributed by atoms with Crippen LogP contribution in [0.2, 0.25) is 0 Å². The van der Waals surface area contributed by atoms with Gasteiger partial charge in [0.25, 0.3) is 5.76 Å². The second-order valence-corrected chi connectivity index (χ2v) is 5.35. The van der Waals surface area contributed by atoms with Crippen LogP contribution in [0.1, 0.15) is 55.3 Å². The van der Waals surface area contributed by atoms with E-state index < -0.39 is 17.2 Å². The number of carboxylic acid groups (broad SMARTS) is 1. The lowest BCUT2D eigenvalue weighted by atomic mass is 10.2. The minimum Gasteiger partial charge on any atom is -0.486 e. The van der Waals surface area contributed by atoms with Crippen molar-refractivity contribution in [2.75, 3.05) is 13.2 Å². The monoisotopic (exact) mass is 326 g/mol. The normalized spacial score (nSPS) is 17.9. The van der Waals surface area contributed by atoms with Gasteiger partial charge in [0.2, 0.25) is 11.2 Å². The average molecular weight is 326 g/mol. The highest BCUT2D eigenvalue weighted by atomic mass is 16.7. The summed E-state index contributed by atoms with van der Waals surface area (Å²) in [7, 11) is 0. The van der Waals surface area contributed by atoms with Gasteiger partial charge >= 0.3 is 5.97 Å². The van der Waals surface area contributed by atoms with Crippen molar-refractivity contribution in [2.24, 2.45) is 0 Å². The van der Waals surface area contributed by atoms with E-state index in [0.717, 1.165) is 32.1 Å². The summed E-state index contributed by atoms with van der Waals surface area (Å²) in [6.45, 7) is 2.86. The average Bonchev–Trinajstić information content (AvgIpc) is 2.55. The van der Waals surface area contributed by atoms with Crippen LogP contribution in [0.15, 0.2) is 15.3 Å². The Kier molecular flexibility index (Phi) is 6.61. The quantitative estimate of drug-likeness (QED) is 0.733. The van der Waals surface area contributed by atoms with E-state index in [1.54, 1.807) is 0 Å². The van der Waals surface area contributed by atoms with Crippen molar-refractivity contribution >= 4 is 5.97 Å². The molecule has 1 saturated heterocycles. The lowest BCUT2D eigenvalue weighted by Gasteiger charge is -2.22. The van der Waals surface area contributed by atoms with Crippen LogP contribution in [0.3, 0.4) is 0 Å². The number of ether oxygens (including phenoxy) is 3. The molecule has 0 bridgehead atoms. The van der Waals surface area contributed by atoms with Crippen molar-refractivity contribution in [3.63, 3.8) is 0 Å². The minimum absolute atomic E-state index is 0.0184. The van der Waals surface area contributed by atoms with Crippen LogP contribution in [-0.2, 0) is 16.1 Å². The van der Waals surface area contributed by atoms with Gasteiger partial charge in [-0.05, 0) is 25.7 Å². The Hall–Kier alpha value is -1.86. The predicted molar refractivity (Wildman–Crippen MR) is 80.7 cm³/mol. The molecule has 7 nitrogen and oxygen atoms in total. The molecule has 1 aromatic rings. The Morgan fingerprint density at radius 1 is 1.43 bits per heavy atom. The molecule has 2 heterocycles. The van der Waals surface area contributed by atoms with Gasteiger partial charge in [-0.25, -0.2) is 4.79 Å². The van der Waals surface area contributed by atoms with Gasteiger partial charge in [0.1, 0.15) is 12.4 Å². The van der Waals surface area contributed by atoms with Gasteiger partial charge in [-0.2, -0.15) is 0 Å². The van der Waals surface area contributed by atoms with Crippen molar-refractivity contribution in [3.05, 3.63) is 27.8 Å². The molecule has 0 aromatic carbocycles. The van der Waals surface area contributed by atoms with E-state index in [1.807, 2.05) is 6.92 Å². The fraction of sp³-hybridized carbons (Fsp3) is 0.625. The van der Waals surface area contributed by atoms with Gasteiger partial charge in [0.05, 0.1) is 6.61 Å². The number of carboxylic acids is 1. The molecule has 0 aliphatic carbocycles. The Morgan fingerprint density at radius 3 is 2.91 bits per heavy atom. The molecular formula is C16H22O7. The van der Waals surface area contributed by atoms with Crippen molar-refractivity contribution in [1.29, 1.82) is 0 Å². The van der Waals surface area contributed by atoms with Gasteiger partial charge in [-0.3, -0.25) is 4.79 Å². The predicted octanol–water partition coefficient (Wildman–Crippen LogP) is 2.56. The summed E-state index contributed by atoms with van der Waals surface area (Å²) in [5.74, 6) is -1.95. The summed E-state index contributed by atoms with van der Waals surface area (Å²) in [6.07, 6.45) is 4.04. The molecule has 23 heavy (non-hydrogen) atoms. The zero-order valence-corrected chi connectivity index (χ0v) is 13.2. The third-order valence-corrected chi connectivity index (χ3v) is 3.44. The van der Waals surface area contributed by atoms with Crippen molar-refractivity contribution in [1.82, 2.24) is 0 Å². The lowest BCUT2D eigenvalue weighted by molar-refractivity contribution is -0.171. The lowest BCUT2D eigenvalue weighted by Crippen LogP contribution is -2.22. The van der Waals surface area contributed by atoms with Gasteiger partial charge < -0.3 is 23.7 Å². The maximum atomic E-state index is 12.1. The topological polar surface area (TPSA) is 95.2 Å². The van der Waals surface area contributed by atoms with Crippen molar-refractivity contribution in [3.8, 4) is 5.75 Å². The first-order chi connectivity index (χ1) is 11.1. The summed E-state index contributed by atoms with van der Waals surface area (Å²) in [5.41, 5.74) is -0.520. The maximum absolute atomic E-state index is 12.1. The molecule has 1 unspecified atom stereocenters. The molecule has 1 fully saturated rings. The number of aromatic carboxylic acids is 1. The van der Waals surface area contributed by atoms with E-state index in [1.165, 1.54) is 6.07 Å². The van der Waals surface area contributed by atoms with Gasteiger partial charge in [0.15, 0.2) is 6.29 Å². The van der Waals surface area contributed by atoms with Crippen LogP contribution in [-0.4, -0.2) is 30.6 Å². The summed E-state index contributed by atoms with van der Waals surface area (Å²) in [5, 5.41) is 9.21. The second kappa shape index (κ2) is 8.69. The first kappa shape index (κ1) is 17.5. The van der Waals surface area contributed by atoms with E-state index >= 15 is 0 Å². The highest BCUT2D eigenvalue weighted by Crippen LogP contribution is 2.19. The van der Waals surface area contributed by atoms with Crippen molar-refractivity contribution in [2.45, 2.75) is 51.9 Å². The van der Waals surface area contributed by atoms with Gasteiger partial charge in [0, 0.05) is 12.7 Å². The van der Waals surface area contributed by atoms with E-state index in [-0.39, 0.29) is 31.0 Å². The zero-order chi connectivity index (χ0) is 16.7. The Labute approximate surface area is 134 Å². The summed E-state index contributed by atoms with van der Waals surface area (Å²) < 4.78 is 21.5. The summed E-state index contributed by atoms with van der Waals surface area (Å²) >= 11 is 0. The number of hydrogen-bond donors (Lipinski definition) is 1. The molecule has 0 spiro atoms. The molecule has 1 aliphatic rings. The maximum Gasteiger partial charge on any atom is 0.375 e. The number of hydrogen-bond acceptors (Lipinski definition) is 6. The number of rotatable bonds is 8. The standard InChI is InChI=1S/C16H22O7/c1-2-3-7-21-14-12(17)9-11(23-15(14)16(18)19)10-22-13-6-4-5-8-20-13/h9,13H,2-8,10H2,1H3,(H,18,19). The fourth-order valence-corrected chi connectivity index (χ4v) is 2.22. The van der Waals surface area contributed by atoms with E-state index in [4.69, 9.17) is 18.6 Å². The molecular weight excluding hydrogens is 304 g/mol. The largest absolute Gasteiger partial charge is 0.486 e.